The smallest absolute Gasteiger partial charge is 0.325 e. The van der Waals surface area contributed by atoms with Gasteiger partial charge in [-0.25, -0.2) is 4.79 Å². The Morgan fingerprint density at radius 2 is 2.09 bits per heavy atom. The van der Waals surface area contributed by atoms with Crippen molar-refractivity contribution in [2.75, 3.05) is 12.0 Å². The monoisotopic (exact) mass is 310 g/mol. The standard InChI is InChI=1S/C18H18N2O3/c1-18-11-15(14-8-3-4-9-16(14)23-18)19-17(21)20(18)12-6-5-7-13(10-12)22-2/h3-10,15H,11H2,1-2H3,(H,19,21). The second-order valence-electron chi connectivity index (χ2n) is 6.06. The van der Waals surface area contributed by atoms with E-state index in [1.165, 1.54) is 0 Å². The molecule has 118 valence electrons. The fraction of sp³-hybridized carbons (Fsp3) is 0.278. The molecule has 2 aliphatic rings. The zero-order valence-corrected chi connectivity index (χ0v) is 13.1. The lowest BCUT2D eigenvalue weighted by Crippen LogP contribution is -2.65. The van der Waals surface area contributed by atoms with Gasteiger partial charge in [0, 0.05) is 18.1 Å². The Hall–Kier alpha value is -2.69. The molecule has 1 fully saturated rings. The third kappa shape index (κ3) is 2.11. The van der Waals surface area contributed by atoms with Crippen molar-refractivity contribution in [3.63, 3.8) is 0 Å². The minimum absolute atomic E-state index is 0.0284. The Morgan fingerprint density at radius 3 is 2.91 bits per heavy atom. The van der Waals surface area contributed by atoms with Crippen LogP contribution in [-0.2, 0) is 0 Å². The SMILES string of the molecule is COc1cccc(N2C(=O)NC3CC2(C)Oc2ccccc23)c1. The molecule has 1 N–H and O–H groups in total. The number of hydrogen-bond donors (Lipinski definition) is 1. The lowest BCUT2D eigenvalue weighted by Gasteiger charge is -2.50. The van der Waals surface area contributed by atoms with Crippen LogP contribution in [0.4, 0.5) is 10.5 Å². The predicted molar refractivity (Wildman–Crippen MR) is 86.8 cm³/mol. The first-order chi connectivity index (χ1) is 11.1. The highest BCUT2D eigenvalue weighted by Crippen LogP contribution is 2.45. The van der Waals surface area contributed by atoms with Crippen LogP contribution in [0.2, 0.25) is 0 Å². The number of carbonyl (C=O) groups is 1. The molecule has 0 aliphatic carbocycles. The van der Waals surface area contributed by atoms with Crippen molar-refractivity contribution < 1.29 is 14.3 Å². The molecule has 2 aromatic rings. The van der Waals surface area contributed by atoms with Gasteiger partial charge in [0.15, 0.2) is 5.72 Å². The van der Waals surface area contributed by atoms with E-state index in [0.717, 1.165) is 17.0 Å². The minimum Gasteiger partial charge on any atom is -0.497 e. The molecule has 2 heterocycles. The molecule has 2 amide bonds. The Bertz CT molecular complexity index is 776. The first-order valence-electron chi connectivity index (χ1n) is 7.63. The van der Waals surface area contributed by atoms with Gasteiger partial charge in [-0.1, -0.05) is 24.3 Å². The average Bonchev–Trinajstić information content (AvgIpc) is 2.54. The van der Waals surface area contributed by atoms with Crippen LogP contribution in [0.25, 0.3) is 0 Å². The third-order valence-electron chi connectivity index (χ3n) is 4.49. The molecular formula is C18H18N2O3. The van der Waals surface area contributed by atoms with Crippen LogP contribution in [0.3, 0.4) is 0 Å². The summed E-state index contributed by atoms with van der Waals surface area (Å²) in [6.45, 7) is 1.95. The van der Waals surface area contributed by atoms with Crippen LogP contribution in [0.5, 0.6) is 11.5 Å². The van der Waals surface area contributed by atoms with Crippen molar-refractivity contribution in [3.8, 4) is 11.5 Å². The number of carbonyl (C=O) groups excluding carboxylic acids is 1. The second kappa shape index (κ2) is 4.91. The largest absolute Gasteiger partial charge is 0.497 e. The zero-order chi connectivity index (χ0) is 16.0. The van der Waals surface area contributed by atoms with Crippen molar-refractivity contribution in [2.24, 2.45) is 0 Å². The fourth-order valence-electron chi connectivity index (χ4n) is 3.46. The molecule has 4 rings (SSSR count). The molecule has 0 radical (unpaired) electrons. The van der Waals surface area contributed by atoms with E-state index in [-0.39, 0.29) is 12.1 Å². The number of rotatable bonds is 2. The van der Waals surface area contributed by atoms with Gasteiger partial charge in [-0.05, 0) is 25.1 Å². The average molecular weight is 310 g/mol. The Labute approximate surface area is 134 Å². The summed E-state index contributed by atoms with van der Waals surface area (Å²) in [5, 5.41) is 3.08. The topological polar surface area (TPSA) is 50.8 Å². The number of methoxy groups -OCH3 is 1. The summed E-state index contributed by atoms with van der Waals surface area (Å²) < 4.78 is 11.5. The van der Waals surface area contributed by atoms with Crippen molar-refractivity contribution in [1.29, 1.82) is 0 Å². The van der Waals surface area contributed by atoms with E-state index < -0.39 is 5.72 Å². The van der Waals surface area contributed by atoms with Gasteiger partial charge >= 0.3 is 6.03 Å². The first-order valence-corrected chi connectivity index (χ1v) is 7.63. The summed E-state index contributed by atoms with van der Waals surface area (Å²) in [6.07, 6.45) is 0.687. The molecule has 2 atom stereocenters. The molecule has 23 heavy (non-hydrogen) atoms. The van der Waals surface area contributed by atoms with Gasteiger partial charge < -0.3 is 14.8 Å². The summed E-state index contributed by atoms with van der Waals surface area (Å²) in [6, 6.07) is 15.1. The molecule has 5 nitrogen and oxygen atoms in total. The highest BCUT2D eigenvalue weighted by atomic mass is 16.5. The fourth-order valence-corrected chi connectivity index (χ4v) is 3.46. The van der Waals surface area contributed by atoms with Crippen molar-refractivity contribution >= 4 is 11.7 Å². The quantitative estimate of drug-likeness (QED) is 0.924. The summed E-state index contributed by atoms with van der Waals surface area (Å²) >= 11 is 0. The molecule has 2 bridgehead atoms. The maximum absolute atomic E-state index is 12.7. The number of benzene rings is 2. The first kappa shape index (κ1) is 13.9. The van der Waals surface area contributed by atoms with Gasteiger partial charge in [0.25, 0.3) is 0 Å². The lowest BCUT2D eigenvalue weighted by atomic mass is 9.90. The maximum Gasteiger partial charge on any atom is 0.325 e. The lowest BCUT2D eigenvalue weighted by molar-refractivity contribution is 0.0378. The summed E-state index contributed by atoms with van der Waals surface area (Å²) in [5.74, 6) is 1.52. The number of nitrogens with zero attached hydrogens (tertiary/aromatic N) is 1. The Kier molecular flexibility index (Phi) is 2.98. The predicted octanol–water partition coefficient (Wildman–Crippen LogP) is 3.46. The van der Waals surface area contributed by atoms with Crippen molar-refractivity contribution in [3.05, 3.63) is 54.1 Å². The van der Waals surface area contributed by atoms with Gasteiger partial charge in [0.1, 0.15) is 11.5 Å². The van der Waals surface area contributed by atoms with E-state index in [2.05, 4.69) is 5.32 Å². The number of urea groups is 1. The van der Waals surface area contributed by atoms with Gasteiger partial charge in [0.05, 0.1) is 18.8 Å². The van der Waals surface area contributed by atoms with Crippen LogP contribution in [0, 0.1) is 0 Å². The highest BCUT2D eigenvalue weighted by molar-refractivity contribution is 5.95. The van der Waals surface area contributed by atoms with Crippen molar-refractivity contribution in [1.82, 2.24) is 5.32 Å². The van der Waals surface area contributed by atoms with Gasteiger partial charge in [-0.3, -0.25) is 4.90 Å². The molecule has 0 saturated carbocycles. The van der Waals surface area contributed by atoms with E-state index in [9.17, 15) is 4.79 Å². The van der Waals surface area contributed by atoms with E-state index in [4.69, 9.17) is 9.47 Å². The van der Waals surface area contributed by atoms with Gasteiger partial charge in [-0.15, -0.1) is 0 Å². The molecule has 0 aromatic heterocycles. The molecule has 2 unspecified atom stereocenters. The molecule has 5 heteroatoms. The summed E-state index contributed by atoms with van der Waals surface area (Å²) in [5.41, 5.74) is 1.05. The molecule has 2 aromatic carbocycles. The van der Waals surface area contributed by atoms with E-state index >= 15 is 0 Å². The molecule has 1 saturated heterocycles. The van der Waals surface area contributed by atoms with Gasteiger partial charge in [0.2, 0.25) is 0 Å². The summed E-state index contributed by atoms with van der Waals surface area (Å²) in [7, 11) is 1.61. The van der Waals surface area contributed by atoms with Crippen LogP contribution in [0.15, 0.2) is 48.5 Å². The van der Waals surface area contributed by atoms with Crippen LogP contribution in [-0.4, -0.2) is 18.9 Å². The number of nitrogens with one attached hydrogen (secondary N) is 1. The third-order valence-corrected chi connectivity index (χ3v) is 4.49. The minimum atomic E-state index is -0.728. The number of amides is 2. The molecular weight excluding hydrogens is 292 g/mol. The van der Waals surface area contributed by atoms with Crippen LogP contribution in [0.1, 0.15) is 24.9 Å². The number of para-hydroxylation sites is 1. The highest BCUT2D eigenvalue weighted by Gasteiger charge is 2.49. The number of anilines is 1. The van der Waals surface area contributed by atoms with E-state index in [1.807, 2.05) is 55.5 Å². The van der Waals surface area contributed by atoms with Crippen LogP contribution >= 0.6 is 0 Å². The number of hydrogen-bond acceptors (Lipinski definition) is 3. The number of ether oxygens (including phenoxy) is 2. The molecule has 0 spiro atoms. The Balaban J connectivity index is 1.79. The van der Waals surface area contributed by atoms with Crippen molar-refractivity contribution in [2.45, 2.75) is 25.1 Å². The Morgan fingerprint density at radius 1 is 1.26 bits per heavy atom. The van der Waals surface area contributed by atoms with E-state index in [1.54, 1.807) is 12.0 Å². The molecule has 2 aliphatic heterocycles. The van der Waals surface area contributed by atoms with Gasteiger partial charge in [-0.2, -0.15) is 0 Å². The second-order valence-corrected chi connectivity index (χ2v) is 6.06. The van der Waals surface area contributed by atoms with E-state index in [0.29, 0.717) is 12.2 Å². The van der Waals surface area contributed by atoms with Crippen LogP contribution < -0.4 is 19.7 Å². The number of fused-ring (bicyclic) bond motifs is 4. The normalized spacial score (nSPS) is 25.2. The summed E-state index contributed by atoms with van der Waals surface area (Å²) in [4.78, 5) is 14.4. The maximum atomic E-state index is 12.7. The zero-order valence-electron chi connectivity index (χ0n) is 13.1.